The maximum atomic E-state index is 12.6. The van der Waals surface area contributed by atoms with Crippen molar-refractivity contribution in [1.82, 2.24) is 5.32 Å². The molecule has 0 radical (unpaired) electrons. The van der Waals surface area contributed by atoms with Gasteiger partial charge in [0.15, 0.2) is 0 Å². The molecule has 0 aromatic heterocycles. The molecule has 1 aromatic carbocycles. The lowest BCUT2D eigenvalue weighted by Crippen LogP contribution is -2.22. The zero-order chi connectivity index (χ0) is 11.6. The fourth-order valence-electron chi connectivity index (χ4n) is 1.32. The molecular formula is C12H18FNO2. The summed E-state index contributed by atoms with van der Waals surface area (Å²) < 4.78 is 17.7. The van der Waals surface area contributed by atoms with E-state index in [0.29, 0.717) is 13.2 Å². The van der Waals surface area contributed by atoms with E-state index in [1.807, 2.05) is 0 Å². The summed E-state index contributed by atoms with van der Waals surface area (Å²) in [4.78, 5) is 0. The number of benzene rings is 1. The molecule has 16 heavy (non-hydrogen) atoms. The number of halogens is 1. The maximum absolute atomic E-state index is 12.6. The third-order valence-electron chi connectivity index (χ3n) is 2.16. The third-order valence-corrected chi connectivity index (χ3v) is 2.16. The van der Waals surface area contributed by atoms with Gasteiger partial charge in [-0.25, -0.2) is 4.39 Å². The molecule has 0 spiro atoms. The quantitative estimate of drug-likeness (QED) is 0.650. The van der Waals surface area contributed by atoms with Crippen LogP contribution in [0.15, 0.2) is 24.3 Å². The molecule has 0 aliphatic carbocycles. The Hall–Kier alpha value is -0.970. The van der Waals surface area contributed by atoms with E-state index in [9.17, 15) is 4.39 Å². The summed E-state index contributed by atoms with van der Waals surface area (Å²) in [6.07, 6.45) is 0.875. The van der Waals surface area contributed by atoms with E-state index in [2.05, 4.69) is 5.32 Å². The van der Waals surface area contributed by atoms with Gasteiger partial charge in [-0.2, -0.15) is 0 Å². The van der Waals surface area contributed by atoms with E-state index in [1.54, 1.807) is 12.1 Å². The molecule has 0 atom stereocenters. The summed E-state index contributed by atoms with van der Waals surface area (Å²) in [6, 6.07) is 6.53. The maximum Gasteiger partial charge on any atom is 0.123 e. The number of hydrogen-bond acceptors (Lipinski definition) is 3. The Morgan fingerprint density at radius 1 is 1.12 bits per heavy atom. The van der Waals surface area contributed by atoms with Crippen LogP contribution in [0, 0.1) is 5.82 Å². The molecule has 0 unspecified atom stereocenters. The van der Waals surface area contributed by atoms with Crippen molar-refractivity contribution in [2.45, 2.75) is 6.42 Å². The molecule has 0 heterocycles. The van der Waals surface area contributed by atoms with Crippen molar-refractivity contribution in [1.29, 1.82) is 0 Å². The fourth-order valence-corrected chi connectivity index (χ4v) is 1.32. The van der Waals surface area contributed by atoms with Crippen LogP contribution in [0.2, 0.25) is 0 Å². The highest BCUT2D eigenvalue weighted by Crippen LogP contribution is 2.02. The predicted molar refractivity (Wildman–Crippen MR) is 60.9 cm³/mol. The van der Waals surface area contributed by atoms with Crippen molar-refractivity contribution < 1.29 is 14.2 Å². The number of aliphatic hydroxyl groups is 1. The van der Waals surface area contributed by atoms with Crippen molar-refractivity contribution in [3.05, 3.63) is 35.6 Å². The van der Waals surface area contributed by atoms with Crippen LogP contribution in [0.25, 0.3) is 0 Å². The first-order valence-electron chi connectivity index (χ1n) is 5.46. The second-order valence-electron chi connectivity index (χ2n) is 3.46. The van der Waals surface area contributed by atoms with Crippen LogP contribution < -0.4 is 5.32 Å². The van der Waals surface area contributed by atoms with Gasteiger partial charge in [-0.05, 0) is 30.7 Å². The average Bonchev–Trinajstić information content (AvgIpc) is 2.30. The van der Waals surface area contributed by atoms with E-state index in [0.717, 1.165) is 25.1 Å². The molecule has 0 saturated carbocycles. The minimum Gasteiger partial charge on any atom is -0.394 e. The van der Waals surface area contributed by atoms with E-state index < -0.39 is 0 Å². The molecule has 0 aliphatic heterocycles. The summed E-state index contributed by atoms with van der Waals surface area (Å²) in [5.74, 6) is -0.200. The van der Waals surface area contributed by atoms with Crippen LogP contribution in [0.4, 0.5) is 4.39 Å². The smallest absolute Gasteiger partial charge is 0.123 e. The van der Waals surface area contributed by atoms with E-state index in [1.165, 1.54) is 12.1 Å². The van der Waals surface area contributed by atoms with Crippen molar-refractivity contribution in [3.63, 3.8) is 0 Å². The Balaban J connectivity index is 2.01. The second kappa shape index (κ2) is 8.21. The Labute approximate surface area is 95.2 Å². The normalized spacial score (nSPS) is 10.6. The van der Waals surface area contributed by atoms with Gasteiger partial charge in [0.1, 0.15) is 5.82 Å². The van der Waals surface area contributed by atoms with Crippen molar-refractivity contribution >= 4 is 0 Å². The first kappa shape index (κ1) is 13.1. The standard InChI is InChI=1S/C12H18FNO2/c13-12-3-1-11(2-4-12)5-6-14-7-9-16-10-8-15/h1-4,14-15H,5-10H2. The van der Waals surface area contributed by atoms with Crippen LogP contribution in [-0.4, -0.2) is 38.0 Å². The lowest BCUT2D eigenvalue weighted by atomic mass is 10.1. The highest BCUT2D eigenvalue weighted by molar-refractivity contribution is 5.16. The number of ether oxygens (including phenoxy) is 1. The molecule has 1 aromatic rings. The molecule has 0 bridgehead atoms. The second-order valence-corrected chi connectivity index (χ2v) is 3.46. The van der Waals surface area contributed by atoms with Crippen molar-refractivity contribution in [2.24, 2.45) is 0 Å². The molecular weight excluding hydrogens is 209 g/mol. The first-order valence-corrected chi connectivity index (χ1v) is 5.46. The monoisotopic (exact) mass is 227 g/mol. The minimum atomic E-state index is -0.200. The zero-order valence-corrected chi connectivity index (χ0v) is 9.29. The summed E-state index contributed by atoms with van der Waals surface area (Å²) in [7, 11) is 0. The Morgan fingerprint density at radius 3 is 2.56 bits per heavy atom. The van der Waals surface area contributed by atoms with Crippen molar-refractivity contribution in [3.8, 4) is 0 Å². The largest absolute Gasteiger partial charge is 0.394 e. The highest BCUT2D eigenvalue weighted by atomic mass is 19.1. The molecule has 0 aliphatic rings. The Kier molecular flexibility index (Phi) is 6.72. The summed E-state index contributed by atoms with van der Waals surface area (Å²) in [5.41, 5.74) is 1.12. The number of rotatable bonds is 8. The SMILES string of the molecule is OCCOCCNCCc1ccc(F)cc1. The average molecular weight is 227 g/mol. The van der Waals surface area contributed by atoms with Crippen LogP contribution in [0.3, 0.4) is 0 Å². The van der Waals surface area contributed by atoms with Crippen LogP contribution in [0.5, 0.6) is 0 Å². The number of aliphatic hydroxyl groups excluding tert-OH is 1. The van der Waals surface area contributed by atoms with Gasteiger partial charge in [0.25, 0.3) is 0 Å². The van der Waals surface area contributed by atoms with E-state index in [-0.39, 0.29) is 12.4 Å². The third kappa shape index (κ3) is 5.80. The van der Waals surface area contributed by atoms with Crippen LogP contribution in [-0.2, 0) is 11.2 Å². The van der Waals surface area contributed by atoms with E-state index >= 15 is 0 Å². The molecule has 90 valence electrons. The molecule has 2 N–H and O–H groups in total. The molecule has 0 fully saturated rings. The lowest BCUT2D eigenvalue weighted by molar-refractivity contribution is 0.0940. The van der Waals surface area contributed by atoms with Crippen LogP contribution in [0.1, 0.15) is 5.56 Å². The molecule has 3 nitrogen and oxygen atoms in total. The molecule has 4 heteroatoms. The van der Waals surface area contributed by atoms with Crippen LogP contribution >= 0.6 is 0 Å². The zero-order valence-electron chi connectivity index (χ0n) is 9.29. The predicted octanol–water partition coefficient (Wildman–Crippen LogP) is 0.967. The van der Waals surface area contributed by atoms with Gasteiger partial charge in [0, 0.05) is 6.54 Å². The lowest BCUT2D eigenvalue weighted by Gasteiger charge is -2.05. The Morgan fingerprint density at radius 2 is 1.88 bits per heavy atom. The summed E-state index contributed by atoms with van der Waals surface area (Å²) >= 11 is 0. The van der Waals surface area contributed by atoms with Gasteiger partial charge in [-0.3, -0.25) is 0 Å². The van der Waals surface area contributed by atoms with Crippen molar-refractivity contribution in [2.75, 3.05) is 32.9 Å². The van der Waals surface area contributed by atoms with Gasteiger partial charge in [-0.1, -0.05) is 12.1 Å². The highest BCUT2D eigenvalue weighted by Gasteiger charge is 1.94. The fraction of sp³-hybridized carbons (Fsp3) is 0.500. The van der Waals surface area contributed by atoms with Gasteiger partial charge >= 0.3 is 0 Å². The molecule has 0 saturated heterocycles. The topological polar surface area (TPSA) is 41.5 Å². The summed E-state index contributed by atoms with van der Waals surface area (Å²) in [5, 5.41) is 11.7. The number of nitrogens with one attached hydrogen (secondary N) is 1. The van der Waals surface area contributed by atoms with Gasteiger partial charge in [0.05, 0.1) is 19.8 Å². The molecule has 0 amide bonds. The first-order chi connectivity index (χ1) is 7.83. The van der Waals surface area contributed by atoms with Gasteiger partial charge < -0.3 is 15.2 Å². The van der Waals surface area contributed by atoms with E-state index in [4.69, 9.17) is 9.84 Å². The molecule has 1 rings (SSSR count). The number of hydrogen-bond donors (Lipinski definition) is 2. The minimum absolute atomic E-state index is 0.0651. The Bertz CT molecular complexity index is 277. The van der Waals surface area contributed by atoms with Gasteiger partial charge in [-0.15, -0.1) is 0 Å². The van der Waals surface area contributed by atoms with Gasteiger partial charge in [0.2, 0.25) is 0 Å². The summed E-state index contributed by atoms with van der Waals surface area (Å²) in [6.45, 7) is 2.66.